The van der Waals surface area contributed by atoms with Gasteiger partial charge in [-0.1, -0.05) is 29.8 Å². The van der Waals surface area contributed by atoms with E-state index in [2.05, 4.69) is 10.6 Å². The predicted molar refractivity (Wildman–Crippen MR) is 69.6 cm³/mol. The van der Waals surface area contributed by atoms with Gasteiger partial charge in [0.1, 0.15) is 5.82 Å². The number of benzene rings is 1. The third-order valence-corrected chi connectivity index (χ3v) is 2.72. The lowest BCUT2D eigenvalue weighted by molar-refractivity contribution is -0.110. The van der Waals surface area contributed by atoms with Crippen LogP contribution in [0, 0.1) is 0 Å². The van der Waals surface area contributed by atoms with Gasteiger partial charge in [0.15, 0.2) is 5.78 Å². The summed E-state index contributed by atoms with van der Waals surface area (Å²) in [5, 5.41) is 6.77. The van der Waals surface area contributed by atoms with Crippen molar-refractivity contribution in [2.45, 2.75) is 0 Å². The first-order chi connectivity index (χ1) is 8.25. The SMILES string of the molecule is O=C(C=C1NCCN1)/C=C/c1ccccc1Cl. The van der Waals surface area contributed by atoms with Crippen LogP contribution in [-0.4, -0.2) is 18.9 Å². The van der Waals surface area contributed by atoms with E-state index in [1.54, 1.807) is 18.2 Å². The van der Waals surface area contributed by atoms with E-state index in [4.69, 9.17) is 11.6 Å². The van der Waals surface area contributed by atoms with Crippen LogP contribution in [0.15, 0.2) is 42.2 Å². The van der Waals surface area contributed by atoms with Crippen LogP contribution in [0.3, 0.4) is 0 Å². The second-order valence-electron chi connectivity index (χ2n) is 3.67. The van der Waals surface area contributed by atoms with Crippen LogP contribution in [0.1, 0.15) is 5.56 Å². The number of carbonyl (C=O) groups excluding carboxylic acids is 1. The summed E-state index contributed by atoms with van der Waals surface area (Å²) in [4.78, 5) is 11.6. The second kappa shape index (κ2) is 5.55. The molecule has 0 aromatic heterocycles. The summed E-state index contributed by atoms with van der Waals surface area (Å²) < 4.78 is 0. The Morgan fingerprint density at radius 2 is 1.94 bits per heavy atom. The number of nitrogens with one attached hydrogen (secondary N) is 2. The molecule has 0 unspecified atom stereocenters. The maximum Gasteiger partial charge on any atom is 0.182 e. The predicted octanol–water partition coefficient (Wildman–Crippen LogP) is 1.96. The molecule has 0 atom stereocenters. The van der Waals surface area contributed by atoms with E-state index >= 15 is 0 Å². The van der Waals surface area contributed by atoms with E-state index in [0.29, 0.717) is 5.02 Å². The van der Waals surface area contributed by atoms with Gasteiger partial charge in [0, 0.05) is 24.2 Å². The fraction of sp³-hybridized carbons (Fsp3) is 0.154. The molecule has 4 heteroatoms. The Morgan fingerprint density at radius 3 is 2.65 bits per heavy atom. The largest absolute Gasteiger partial charge is 0.370 e. The van der Waals surface area contributed by atoms with Gasteiger partial charge < -0.3 is 10.6 Å². The van der Waals surface area contributed by atoms with Gasteiger partial charge in [-0.25, -0.2) is 0 Å². The first-order valence-electron chi connectivity index (χ1n) is 5.42. The molecule has 0 radical (unpaired) electrons. The zero-order chi connectivity index (χ0) is 12.1. The molecule has 1 saturated heterocycles. The molecule has 3 nitrogen and oxygen atoms in total. The minimum atomic E-state index is -0.0678. The van der Waals surface area contributed by atoms with Crippen molar-refractivity contribution in [3.8, 4) is 0 Å². The van der Waals surface area contributed by atoms with Crippen LogP contribution >= 0.6 is 11.6 Å². The Labute approximate surface area is 105 Å². The topological polar surface area (TPSA) is 41.1 Å². The molecule has 2 rings (SSSR count). The molecule has 1 fully saturated rings. The molecule has 0 aliphatic carbocycles. The molecule has 1 aliphatic heterocycles. The van der Waals surface area contributed by atoms with Crippen LogP contribution in [-0.2, 0) is 4.79 Å². The van der Waals surface area contributed by atoms with Crippen molar-refractivity contribution >= 4 is 23.5 Å². The Kier molecular flexibility index (Phi) is 3.83. The molecule has 0 spiro atoms. The van der Waals surface area contributed by atoms with Crippen molar-refractivity contribution in [1.29, 1.82) is 0 Å². The number of hydrogen-bond acceptors (Lipinski definition) is 3. The fourth-order valence-electron chi connectivity index (χ4n) is 1.53. The molecule has 1 aromatic carbocycles. The van der Waals surface area contributed by atoms with E-state index in [9.17, 15) is 4.79 Å². The highest BCUT2D eigenvalue weighted by Gasteiger charge is 2.04. The van der Waals surface area contributed by atoms with E-state index in [0.717, 1.165) is 24.5 Å². The molecule has 1 aromatic rings. The minimum absolute atomic E-state index is 0.0678. The first-order valence-corrected chi connectivity index (χ1v) is 5.79. The van der Waals surface area contributed by atoms with Gasteiger partial charge in [-0.15, -0.1) is 0 Å². The summed E-state index contributed by atoms with van der Waals surface area (Å²) >= 11 is 5.98. The Hall–Kier alpha value is -1.74. The zero-order valence-corrected chi connectivity index (χ0v) is 10.00. The number of rotatable bonds is 3. The number of hydrogen-bond donors (Lipinski definition) is 2. The van der Waals surface area contributed by atoms with Crippen molar-refractivity contribution in [2.24, 2.45) is 0 Å². The van der Waals surface area contributed by atoms with Crippen molar-refractivity contribution in [2.75, 3.05) is 13.1 Å². The summed E-state index contributed by atoms with van der Waals surface area (Å²) in [6.45, 7) is 1.71. The first kappa shape index (κ1) is 11.7. The van der Waals surface area contributed by atoms with E-state index in [1.807, 2.05) is 18.2 Å². The van der Waals surface area contributed by atoms with E-state index in [-0.39, 0.29) is 5.78 Å². The van der Waals surface area contributed by atoms with Crippen molar-refractivity contribution < 1.29 is 4.79 Å². The zero-order valence-electron chi connectivity index (χ0n) is 9.24. The lowest BCUT2D eigenvalue weighted by atomic mass is 10.2. The molecule has 88 valence electrons. The van der Waals surface area contributed by atoms with Gasteiger partial charge in [0.25, 0.3) is 0 Å². The monoisotopic (exact) mass is 248 g/mol. The molecular formula is C13H13ClN2O. The maximum absolute atomic E-state index is 11.6. The number of halogens is 1. The minimum Gasteiger partial charge on any atom is -0.370 e. The van der Waals surface area contributed by atoms with Gasteiger partial charge in [-0.05, 0) is 23.8 Å². The molecular weight excluding hydrogens is 236 g/mol. The highest BCUT2D eigenvalue weighted by atomic mass is 35.5. The molecule has 0 saturated carbocycles. The van der Waals surface area contributed by atoms with E-state index < -0.39 is 0 Å². The molecule has 17 heavy (non-hydrogen) atoms. The van der Waals surface area contributed by atoms with Gasteiger partial charge in [-0.2, -0.15) is 0 Å². The van der Waals surface area contributed by atoms with Gasteiger partial charge >= 0.3 is 0 Å². The number of carbonyl (C=O) groups is 1. The van der Waals surface area contributed by atoms with Crippen molar-refractivity contribution in [3.63, 3.8) is 0 Å². The number of allylic oxidation sites excluding steroid dienone is 2. The average molecular weight is 249 g/mol. The third kappa shape index (κ3) is 3.36. The van der Waals surface area contributed by atoms with Crippen molar-refractivity contribution in [1.82, 2.24) is 10.6 Å². The van der Waals surface area contributed by atoms with Gasteiger partial charge in [0.05, 0.1) is 0 Å². The summed E-state index contributed by atoms with van der Waals surface area (Å²) in [5.41, 5.74) is 0.841. The second-order valence-corrected chi connectivity index (χ2v) is 4.08. The highest BCUT2D eigenvalue weighted by Crippen LogP contribution is 2.16. The highest BCUT2D eigenvalue weighted by molar-refractivity contribution is 6.32. The maximum atomic E-state index is 11.6. The lowest BCUT2D eigenvalue weighted by Crippen LogP contribution is -2.11. The van der Waals surface area contributed by atoms with Crippen LogP contribution in [0.5, 0.6) is 0 Å². The standard InChI is InChI=1S/C13H13ClN2O/c14-12-4-2-1-3-10(12)5-6-11(17)9-13-15-7-8-16-13/h1-6,9,15-16H,7-8H2/b6-5+. The van der Waals surface area contributed by atoms with Gasteiger partial charge in [-0.3, -0.25) is 4.79 Å². The normalized spacial score (nSPS) is 14.5. The van der Waals surface area contributed by atoms with Crippen molar-refractivity contribution in [3.05, 3.63) is 52.8 Å². The third-order valence-electron chi connectivity index (χ3n) is 2.37. The summed E-state index contributed by atoms with van der Waals surface area (Å²) in [5.74, 6) is 0.709. The van der Waals surface area contributed by atoms with Gasteiger partial charge in [0.2, 0.25) is 0 Å². The lowest BCUT2D eigenvalue weighted by Gasteiger charge is -1.97. The van der Waals surface area contributed by atoms with Crippen LogP contribution in [0.4, 0.5) is 0 Å². The molecule has 1 aliphatic rings. The Morgan fingerprint density at radius 1 is 1.24 bits per heavy atom. The summed E-state index contributed by atoms with van der Waals surface area (Å²) in [7, 11) is 0. The average Bonchev–Trinajstić information content (AvgIpc) is 2.81. The van der Waals surface area contributed by atoms with E-state index in [1.165, 1.54) is 6.08 Å². The number of ketones is 1. The molecule has 2 N–H and O–H groups in total. The fourth-order valence-corrected chi connectivity index (χ4v) is 1.73. The Balaban J connectivity index is 2.03. The smallest absolute Gasteiger partial charge is 0.182 e. The quantitative estimate of drug-likeness (QED) is 0.804. The summed E-state index contributed by atoms with van der Waals surface area (Å²) in [6.07, 6.45) is 4.77. The van der Waals surface area contributed by atoms with Crippen LogP contribution in [0.2, 0.25) is 5.02 Å². The Bertz CT molecular complexity index is 472. The van der Waals surface area contributed by atoms with Crippen LogP contribution in [0.25, 0.3) is 6.08 Å². The molecule has 0 amide bonds. The molecule has 1 heterocycles. The summed E-state index contributed by atoms with van der Waals surface area (Å²) in [6, 6.07) is 7.40. The van der Waals surface area contributed by atoms with Crippen LogP contribution < -0.4 is 10.6 Å². The molecule has 0 bridgehead atoms.